The van der Waals surface area contributed by atoms with Gasteiger partial charge in [0.1, 0.15) is 11.6 Å². The van der Waals surface area contributed by atoms with E-state index in [0.29, 0.717) is 5.82 Å². The Hall–Kier alpha value is -1.25. The summed E-state index contributed by atoms with van der Waals surface area (Å²) in [6.07, 6.45) is 13.7. The Labute approximate surface area is 124 Å². The molecular weight excluding hydrogens is 246 g/mol. The summed E-state index contributed by atoms with van der Waals surface area (Å²) in [6.45, 7) is 3.26. The fourth-order valence-corrected chi connectivity index (χ4v) is 2.38. The van der Waals surface area contributed by atoms with Gasteiger partial charge >= 0.3 is 0 Å². The summed E-state index contributed by atoms with van der Waals surface area (Å²) in [5.41, 5.74) is 5.64. The SMILES string of the molecule is CCCCCCCCCCCCNc1cccc(N)n1. The highest BCUT2D eigenvalue weighted by Gasteiger charge is 1.95. The first-order valence-electron chi connectivity index (χ1n) is 8.29. The molecule has 114 valence electrons. The highest BCUT2D eigenvalue weighted by atomic mass is 15.0. The van der Waals surface area contributed by atoms with Crippen LogP contribution in [0.25, 0.3) is 0 Å². The molecule has 0 spiro atoms. The Morgan fingerprint density at radius 1 is 0.900 bits per heavy atom. The molecule has 1 aromatic heterocycles. The summed E-state index contributed by atoms with van der Waals surface area (Å²) >= 11 is 0. The van der Waals surface area contributed by atoms with Crippen LogP contribution in [0.1, 0.15) is 71.1 Å². The summed E-state index contributed by atoms with van der Waals surface area (Å²) in [4.78, 5) is 4.22. The van der Waals surface area contributed by atoms with E-state index < -0.39 is 0 Å². The molecule has 0 aliphatic rings. The van der Waals surface area contributed by atoms with Crippen LogP contribution in [0, 0.1) is 0 Å². The molecule has 0 saturated carbocycles. The van der Waals surface area contributed by atoms with Crippen molar-refractivity contribution in [3.05, 3.63) is 18.2 Å². The Balaban J connectivity index is 1.85. The maximum Gasteiger partial charge on any atom is 0.128 e. The second-order valence-electron chi connectivity index (χ2n) is 5.56. The predicted octanol–water partition coefficient (Wildman–Crippen LogP) is 5.00. The molecule has 1 rings (SSSR count). The second-order valence-corrected chi connectivity index (χ2v) is 5.56. The molecule has 3 N–H and O–H groups in total. The zero-order valence-corrected chi connectivity index (χ0v) is 13.0. The molecule has 1 aromatic rings. The molecule has 0 radical (unpaired) electrons. The third kappa shape index (κ3) is 8.78. The van der Waals surface area contributed by atoms with Crippen molar-refractivity contribution < 1.29 is 0 Å². The number of nitrogens with zero attached hydrogens (tertiary/aromatic N) is 1. The van der Waals surface area contributed by atoms with E-state index in [1.807, 2.05) is 18.2 Å². The highest BCUT2D eigenvalue weighted by Crippen LogP contribution is 2.11. The lowest BCUT2D eigenvalue weighted by atomic mass is 10.1. The molecule has 3 heteroatoms. The number of anilines is 2. The van der Waals surface area contributed by atoms with Crippen molar-refractivity contribution in [1.29, 1.82) is 0 Å². The zero-order chi connectivity index (χ0) is 14.5. The molecular formula is C17H31N3. The average Bonchev–Trinajstić information content (AvgIpc) is 2.45. The minimum Gasteiger partial charge on any atom is -0.384 e. The van der Waals surface area contributed by atoms with Crippen LogP contribution < -0.4 is 11.1 Å². The van der Waals surface area contributed by atoms with E-state index in [2.05, 4.69) is 17.2 Å². The number of nitrogens with two attached hydrogens (primary N) is 1. The maximum atomic E-state index is 5.64. The van der Waals surface area contributed by atoms with Gasteiger partial charge in [0.25, 0.3) is 0 Å². The van der Waals surface area contributed by atoms with E-state index in [1.54, 1.807) is 0 Å². The van der Waals surface area contributed by atoms with Crippen molar-refractivity contribution in [2.45, 2.75) is 71.1 Å². The molecule has 0 aromatic carbocycles. The number of unbranched alkanes of at least 4 members (excludes halogenated alkanes) is 9. The Morgan fingerprint density at radius 2 is 1.50 bits per heavy atom. The van der Waals surface area contributed by atoms with Crippen molar-refractivity contribution in [3.63, 3.8) is 0 Å². The number of aromatic nitrogens is 1. The average molecular weight is 277 g/mol. The molecule has 0 aliphatic carbocycles. The van der Waals surface area contributed by atoms with Crippen molar-refractivity contribution in [2.24, 2.45) is 0 Å². The Bertz CT molecular complexity index is 339. The first-order chi connectivity index (χ1) is 9.83. The molecule has 0 bridgehead atoms. The molecule has 1 heterocycles. The van der Waals surface area contributed by atoms with Crippen LogP contribution in [0.2, 0.25) is 0 Å². The van der Waals surface area contributed by atoms with E-state index in [4.69, 9.17) is 5.73 Å². The molecule has 0 atom stereocenters. The van der Waals surface area contributed by atoms with E-state index in [0.717, 1.165) is 12.4 Å². The van der Waals surface area contributed by atoms with Crippen LogP contribution in [-0.4, -0.2) is 11.5 Å². The van der Waals surface area contributed by atoms with E-state index in [1.165, 1.54) is 64.2 Å². The summed E-state index contributed by atoms with van der Waals surface area (Å²) in [5, 5.41) is 3.32. The third-order valence-corrected chi connectivity index (χ3v) is 3.61. The number of nitrogens with one attached hydrogen (secondary N) is 1. The Kier molecular flexibility index (Phi) is 9.72. The maximum absolute atomic E-state index is 5.64. The molecule has 0 unspecified atom stereocenters. The van der Waals surface area contributed by atoms with E-state index in [9.17, 15) is 0 Å². The van der Waals surface area contributed by atoms with Gasteiger partial charge in [-0.05, 0) is 18.6 Å². The van der Waals surface area contributed by atoms with E-state index in [-0.39, 0.29) is 0 Å². The topological polar surface area (TPSA) is 50.9 Å². The van der Waals surface area contributed by atoms with Gasteiger partial charge in [-0.1, -0.05) is 70.8 Å². The van der Waals surface area contributed by atoms with Crippen molar-refractivity contribution >= 4 is 11.6 Å². The smallest absolute Gasteiger partial charge is 0.128 e. The fourth-order valence-electron chi connectivity index (χ4n) is 2.38. The summed E-state index contributed by atoms with van der Waals surface area (Å²) in [6, 6.07) is 5.71. The standard InChI is InChI=1S/C17H31N3/c1-2-3-4-5-6-7-8-9-10-11-15-19-17-14-12-13-16(18)20-17/h12-14H,2-11,15H2,1H3,(H3,18,19,20). The van der Waals surface area contributed by atoms with Crippen LogP contribution in [-0.2, 0) is 0 Å². The molecule has 0 amide bonds. The minimum atomic E-state index is 0.582. The van der Waals surface area contributed by atoms with Crippen LogP contribution >= 0.6 is 0 Å². The number of nitrogen functional groups attached to an aromatic ring is 1. The second kappa shape index (κ2) is 11.6. The number of hydrogen-bond donors (Lipinski definition) is 2. The number of hydrogen-bond acceptors (Lipinski definition) is 3. The zero-order valence-electron chi connectivity index (χ0n) is 13.0. The Morgan fingerprint density at radius 3 is 2.10 bits per heavy atom. The van der Waals surface area contributed by atoms with Crippen LogP contribution in [0.5, 0.6) is 0 Å². The first-order valence-corrected chi connectivity index (χ1v) is 8.29. The van der Waals surface area contributed by atoms with Gasteiger partial charge in [-0.3, -0.25) is 0 Å². The highest BCUT2D eigenvalue weighted by molar-refractivity contribution is 5.41. The summed E-state index contributed by atoms with van der Waals surface area (Å²) in [5.74, 6) is 1.47. The number of pyridine rings is 1. The fraction of sp³-hybridized carbons (Fsp3) is 0.706. The largest absolute Gasteiger partial charge is 0.384 e. The van der Waals surface area contributed by atoms with Gasteiger partial charge < -0.3 is 11.1 Å². The lowest BCUT2D eigenvalue weighted by molar-refractivity contribution is 0.560. The van der Waals surface area contributed by atoms with Crippen LogP contribution in [0.4, 0.5) is 11.6 Å². The van der Waals surface area contributed by atoms with Crippen LogP contribution in [0.3, 0.4) is 0 Å². The molecule has 3 nitrogen and oxygen atoms in total. The van der Waals surface area contributed by atoms with Crippen molar-refractivity contribution in [3.8, 4) is 0 Å². The number of rotatable bonds is 12. The van der Waals surface area contributed by atoms with Gasteiger partial charge in [0.15, 0.2) is 0 Å². The van der Waals surface area contributed by atoms with Crippen molar-refractivity contribution in [2.75, 3.05) is 17.6 Å². The molecule has 0 saturated heterocycles. The summed E-state index contributed by atoms with van der Waals surface area (Å²) in [7, 11) is 0. The normalized spacial score (nSPS) is 10.7. The first kappa shape index (κ1) is 16.8. The third-order valence-electron chi connectivity index (χ3n) is 3.61. The van der Waals surface area contributed by atoms with E-state index >= 15 is 0 Å². The molecule has 0 aliphatic heterocycles. The van der Waals surface area contributed by atoms with Gasteiger partial charge in [-0.15, -0.1) is 0 Å². The van der Waals surface area contributed by atoms with Gasteiger partial charge in [0.2, 0.25) is 0 Å². The van der Waals surface area contributed by atoms with Crippen molar-refractivity contribution in [1.82, 2.24) is 4.98 Å². The predicted molar refractivity (Wildman–Crippen MR) is 89.0 cm³/mol. The molecule has 0 fully saturated rings. The quantitative estimate of drug-likeness (QED) is 0.529. The summed E-state index contributed by atoms with van der Waals surface area (Å²) < 4.78 is 0. The molecule has 20 heavy (non-hydrogen) atoms. The lowest BCUT2D eigenvalue weighted by Gasteiger charge is -2.06. The van der Waals surface area contributed by atoms with Gasteiger partial charge in [-0.25, -0.2) is 4.98 Å². The van der Waals surface area contributed by atoms with Crippen LogP contribution in [0.15, 0.2) is 18.2 Å². The van der Waals surface area contributed by atoms with Gasteiger partial charge in [-0.2, -0.15) is 0 Å². The monoisotopic (exact) mass is 277 g/mol. The lowest BCUT2D eigenvalue weighted by Crippen LogP contribution is -2.04. The minimum absolute atomic E-state index is 0.582. The van der Waals surface area contributed by atoms with Gasteiger partial charge in [0, 0.05) is 6.54 Å². The van der Waals surface area contributed by atoms with Gasteiger partial charge in [0.05, 0.1) is 0 Å².